The van der Waals surface area contributed by atoms with E-state index in [9.17, 15) is 0 Å². The van der Waals surface area contributed by atoms with Crippen LogP contribution in [-0.4, -0.2) is 0 Å². The van der Waals surface area contributed by atoms with E-state index >= 15 is 8.78 Å². The van der Waals surface area contributed by atoms with Crippen molar-refractivity contribution < 1.29 is 8.78 Å². The van der Waals surface area contributed by atoms with Gasteiger partial charge >= 0.3 is 0 Å². The number of halogens is 3. The summed E-state index contributed by atoms with van der Waals surface area (Å²) in [6.07, 6.45) is 2.74. The van der Waals surface area contributed by atoms with Gasteiger partial charge in [-0.2, -0.15) is 0 Å². The number of aryl methyl sites for hydroxylation is 1. The normalized spacial score (nSPS) is 10.9. The molecule has 0 amide bonds. The lowest BCUT2D eigenvalue weighted by Crippen LogP contribution is -1.91. The van der Waals surface area contributed by atoms with Gasteiger partial charge in [-0.25, -0.2) is 8.78 Å². The Morgan fingerprint density at radius 1 is 0.595 bits per heavy atom. The van der Waals surface area contributed by atoms with Crippen LogP contribution in [0.5, 0.6) is 0 Å². The van der Waals surface area contributed by atoms with Gasteiger partial charge in [0, 0.05) is 21.7 Å². The van der Waals surface area contributed by atoms with Crippen molar-refractivity contribution in [2.45, 2.75) is 13.3 Å². The van der Waals surface area contributed by atoms with Gasteiger partial charge in [0.15, 0.2) is 0 Å². The van der Waals surface area contributed by atoms with Crippen LogP contribution in [0.15, 0.2) is 110 Å². The minimum Gasteiger partial charge on any atom is -0.206 e. The van der Waals surface area contributed by atoms with E-state index in [0.717, 1.165) is 39.8 Å². The van der Waals surface area contributed by atoms with Gasteiger partial charge in [0.1, 0.15) is 11.6 Å². The molecule has 0 spiro atoms. The first-order valence-electron chi connectivity index (χ1n) is 12.2. The highest BCUT2D eigenvalue weighted by atomic mass is 35.5. The monoisotopic (exact) mass is 506 g/mol. The van der Waals surface area contributed by atoms with Crippen LogP contribution in [0.4, 0.5) is 8.78 Å². The van der Waals surface area contributed by atoms with Crippen LogP contribution < -0.4 is 0 Å². The summed E-state index contributed by atoms with van der Waals surface area (Å²) in [7, 11) is 0. The molecule has 0 bridgehead atoms. The minimum atomic E-state index is -0.491. The van der Waals surface area contributed by atoms with Crippen molar-refractivity contribution in [1.82, 2.24) is 0 Å². The first-order chi connectivity index (χ1) is 18.0. The standard InChI is InChI=1S/C34H25ClF2/c1-3-22-5-9-24(10-6-22)27-14-17-30(33(36)20-27)31-18-15-28(21-34(31)37)26-13-16-29(32(35)19-26)25-11-7-23(4-2)8-12-25/h3,5-21H,1,4H2,2H3. The molecule has 0 aliphatic heterocycles. The third-order valence-electron chi connectivity index (χ3n) is 6.68. The first-order valence-corrected chi connectivity index (χ1v) is 12.6. The van der Waals surface area contributed by atoms with Crippen LogP contribution in [0.25, 0.3) is 50.6 Å². The summed E-state index contributed by atoms with van der Waals surface area (Å²) in [6, 6.07) is 31.4. The smallest absolute Gasteiger partial charge is 0.131 e. The van der Waals surface area contributed by atoms with Gasteiger partial charge in [0.25, 0.3) is 0 Å². The minimum absolute atomic E-state index is 0.216. The van der Waals surface area contributed by atoms with Gasteiger partial charge in [0.05, 0.1) is 0 Å². The zero-order chi connectivity index (χ0) is 25.9. The summed E-state index contributed by atoms with van der Waals surface area (Å²) in [4.78, 5) is 0. The van der Waals surface area contributed by atoms with Crippen molar-refractivity contribution in [3.05, 3.63) is 137 Å². The molecule has 5 aromatic rings. The molecule has 0 atom stereocenters. The van der Waals surface area contributed by atoms with Crippen LogP contribution in [0.1, 0.15) is 18.1 Å². The van der Waals surface area contributed by atoms with E-state index in [2.05, 4.69) is 37.8 Å². The van der Waals surface area contributed by atoms with Crippen molar-refractivity contribution in [3.8, 4) is 44.5 Å². The fourth-order valence-corrected chi connectivity index (χ4v) is 4.78. The fourth-order valence-electron chi connectivity index (χ4n) is 4.49. The van der Waals surface area contributed by atoms with Gasteiger partial charge in [-0.3, -0.25) is 0 Å². The van der Waals surface area contributed by atoms with E-state index < -0.39 is 11.6 Å². The third-order valence-corrected chi connectivity index (χ3v) is 7.00. The quantitative estimate of drug-likeness (QED) is 0.215. The molecule has 0 aliphatic carbocycles. The highest BCUT2D eigenvalue weighted by molar-refractivity contribution is 6.33. The molecule has 0 aromatic heterocycles. The van der Waals surface area contributed by atoms with E-state index in [1.54, 1.807) is 30.3 Å². The summed E-state index contributed by atoms with van der Waals surface area (Å²) in [5.74, 6) is -0.965. The molecule has 5 rings (SSSR count). The Bertz CT molecular complexity index is 1580. The molecule has 0 nitrogen and oxygen atoms in total. The molecule has 0 fully saturated rings. The number of benzene rings is 5. The topological polar surface area (TPSA) is 0 Å². The van der Waals surface area contributed by atoms with Gasteiger partial charge in [-0.1, -0.05) is 116 Å². The van der Waals surface area contributed by atoms with Crippen LogP contribution in [0, 0.1) is 11.6 Å². The summed E-state index contributed by atoms with van der Waals surface area (Å²) >= 11 is 6.61. The maximum atomic E-state index is 15.2. The molecule has 0 saturated heterocycles. The second-order valence-electron chi connectivity index (χ2n) is 8.96. The Morgan fingerprint density at radius 3 is 1.54 bits per heavy atom. The third kappa shape index (κ3) is 5.12. The average molecular weight is 507 g/mol. The van der Waals surface area contributed by atoms with Crippen molar-refractivity contribution in [2.24, 2.45) is 0 Å². The highest BCUT2D eigenvalue weighted by Crippen LogP contribution is 2.35. The summed E-state index contributed by atoms with van der Waals surface area (Å²) in [5.41, 5.74) is 7.73. The maximum Gasteiger partial charge on any atom is 0.131 e. The van der Waals surface area contributed by atoms with Crippen LogP contribution in [-0.2, 0) is 6.42 Å². The van der Waals surface area contributed by atoms with Gasteiger partial charge in [0.2, 0.25) is 0 Å². The molecule has 0 radical (unpaired) electrons. The second kappa shape index (κ2) is 10.5. The second-order valence-corrected chi connectivity index (χ2v) is 9.37. The summed E-state index contributed by atoms with van der Waals surface area (Å²) in [5, 5.41) is 0.592. The van der Waals surface area contributed by atoms with E-state index in [1.807, 2.05) is 42.5 Å². The summed E-state index contributed by atoms with van der Waals surface area (Å²) < 4.78 is 30.3. The molecule has 3 heteroatoms. The maximum absolute atomic E-state index is 15.2. The fraction of sp³-hybridized carbons (Fsp3) is 0.0588. The molecular formula is C34H25ClF2. The molecule has 5 aromatic carbocycles. The zero-order valence-corrected chi connectivity index (χ0v) is 21.2. The van der Waals surface area contributed by atoms with Crippen LogP contribution >= 0.6 is 11.6 Å². The summed E-state index contributed by atoms with van der Waals surface area (Å²) in [6.45, 7) is 5.87. The average Bonchev–Trinajstić information content (AvgIpc) is 2.93. The Labute approximate surface area is 221 Å². The first kappa shape index (κ1) is 24.7. The number of rotatable bonds is 6. The highest BCUT2D eigenvalue weighted by Gasteiger charge is 2.14. The largest absolute Gasteiger partial charge is 0.206 e. The van der Waals surface area contributed by atoms with E-state index in [0.29, 0.717) is 10.6 Å². The molecular weight excluding hydrogens is 482 g/mol. The lowest BCUT2D eigenvalue weighted by atomic mass is 9.95. The van der Waals surface area contributed by atoms with E-state index in [-0.39, 0.29) is 11.1 Å². The number of hydrogen-bond donors (Lipinski definition) is 0. The van der Waals surface area contributed by atoms with Gasteiger partial charge in [-0.15, -0.1) is 0 Å². The van der Waals surface area contributed by atoms with Crippen LogP contribution in [0.2, 0.25) is 5.02 Å². The lowest BCUT2D eigenvalue weighted by Gasteiger charge is -2.11. The predicted octanol–water partition coefficient (Wildman–Crippen LogP) is 10.5. The molecule has 182 valence electrons. The van der Waals surface area contributed by atoms with Crippen molar-refractivity contribution in [2.75, 3.05) is 0 Å². The Balaban J connectivity index is 1.42. The van der Waals surface area contributed by atoms with Crippen LogP contribution in [0.3, 0.4) is 0 Å². The molecule has 0 unspecified atom stereocenters. The number of hydrogen-bond acceptors (Lipinski definition) is 0. The van der Waals surface area contributed by atoms with Crippen molar-refractivity contribution in [3.63, 3.8) is 0 Å². The van der Waals surface area contributed by atoms with Crippen molar-refractivity contribution >= 4 is 17.7 Å². The lowest BCUT2D eigenvalue weighted by molar-refractivity contribution is 0.617. The van der Waals surface area contributed by atoms with Crippen molar-refractivity contribution in [1.29, 1.82) is 0 Å². The molecule has 37 heavy (non-hydrogen) atoms. The van der Waals surface area contributed by atoms with E-state index in [4.69, 9.17) is 11.6 Å². The van der Waals surface area contributed by atoms with Gasteiger partial charge in [-0.05, 0) is 63.6 Å². The SMILES string of the molecule is C=Cc1ccc(-c2ccc(-c3ccc(-c4ccc(-c5ccc(CC)cc5)c(Cl)c4)cc3F)c(F)c2)cc1. The Hall–Kier alpha value is -4.01. The van der Waals surface area contributed by atoms with Gasteiger partial charge < -0.3 is 0 Å². The molecule has 0 heterocycles. The molecule has 0 N–H and O–H groups in total. The zero-order valence-electron chi connectivity index (χ0n) is 20.4. The molecule has 0 saturated carbocycles. The Morgan fingerprint density at radius 2 is 1.05 bits per heavy atom. The van der Waals surface area contributed by atoms with E-state index in [1.165, 1.54) is 17.7 Å². The molecule has 0 aliphatic rings. The predicted molar refractivity (Wildman–Crippen MR) is 153 cm³/mol. The Kier molecular flexibility index (Phi) is 7.03.